The minimum Gasteiger partial charge on any atom is -0.461 e. The summed E-state index contributed by atoms with van der Waals surface area (Å²) in [5.74, 6) is -0.591. The van der Waals surface area contributed by atoms with E-state index in [4.69, 9.17) is 29.9 Å². The molecule has 3 N–H and O–H groups in total. The van der Waals surface area contributed by atoms with Crippen LogP contribution in [0.5, 0.6) is 6.01 Å². The molecule has 1 aromatic carbocycles. The number of pyridine rings is 1. The maximum absolute atomic E-state index is 17.4. The third-order valence-electron chi connectivity index (χ3n) is 11.0. The lowest BCUT2D eigenvalue weighted by Crippen LogP contribution is -2.52. The first kappa shape index (κ1) is 29.4. The minimum absolute atomic E-state index is 0.0789. The number of fused-ring (bicyclic) bond motifs is 7. The van der Waals surface area contributed by atoms with Gasteiger partial charge in [0.15, 0.2) is 11.6 Å². The van der Waals surface area contributed by atoms with Crippen LogP contribution in [-0.4, -0.2) is 83.5 Å². The third kappa shape index (κ3) is 4.30. The summed E-state index contributed by atoms with van der Waals surface area (Å²) in [7, 11) is 1.75. The molecule has 244 valence electrons. The Morgan fingerprint density at radius 3 is 2.79 bits per heavy atom. The molecule has 4 fully saturated rings. The molecule has 4 atom stereocenters. The number of ether oxygens (including phenoxy) is 3. The molecule has 2 bridgehead atoms. The third-order valence-corrected chi connectivity index (χ3v) is 12.0. The summed E-state index contributed by atoms with van der Waals surface area (Å²) >= 11 is 0.955. The van der Waals surface area contributed by atoms with Crippen LogP contribution in [0.3, 0.4) is 0 Å². The average Bonchev–Trinajstić information content (AvgIpc) is 3.88. The number of hydrogen-bond donors (Lipinski definition) is 2. The first-order chi connectivity index (χ1) is 22.9. The first-order valence-electron chi connectivity index (χ1n) is 16.2. The van der Waals surface area contributed by atoms with Gasteiger partial charge in [-0.25, -0.2) is 8.78 Å². The largest absolute Gasteiger partial charge is 0.461 e. The van der Waals surface area contributed by atoms with E-state index < -0.39 is 11.6 Å². The van der Waals surface area contributed by atoms with Crippen LogP contribution in [0, 0.1) is 23.0 Å². The van der Waals surface area contributed by atoms with E-state index in [9.17, 15) is 9.65 Å². The molecule has 2 unspecified atom stereocenters. The topological polar surface area (TPSA) is 135 Å². The van der Waals surface area contributed by atoms with Crippen LogP contribution >= 0.6 is 11.3 Å². The quantitative estimate of drug-likeness (QED) is 0.308. The molecule has 5 aliphatic heterocycles. The van der Waals surface area contributed by atoms with Gasteiger partial charge in [0.1, 0.15) is 29.0 Å². The summed E-state index contributed by atoms with van der Waals surface area (Å²) in [5.41, 5.74) is 7.80. The van der Waals surface area contributed by atoms with Crippen LogP contribution in [0.2, 0.25) is 0 Å². The zero-order valence-electron chi connectivity index (χ0n) is 25.9. The van der Waals surface area contributed by atoms with Crippen molar-refractivity contribution in [3.63, 3.8) is 0 Å². The fourth-order valence-electron chi connectivity index (χ4n) is 8.83. The van der Waals surface area contributed by atoms with Gasteiger partial charge in [0.2, 0.25) is 0 Å². The average molecular weight is 661 g/mol. The second-order valence-electron chi connectivity index (χ2n) is 13.4. The molecule has 0 saturated carbocycles. The van der Waals surface area contributed by atoms with E-state index in [2.05, 4.69) is 26.2 Å². The molecular weight excluding hydrogens is 626 g/mol. The van der Waals surface area contributed by atoms with Crippen LogP contribution < -0.4 is 20.7 Å². The van der Waals surface area contributed by atoms with E-state index in [-0.39, 0.29) is 80.4 Å². The summed E-state index contributed by atoms with van der Waals surface area (Å²) in [6, 6.07) is 2.60. The van der Waals surface area contributed by atoms with Gasteiger partial charge in [-0.2, -0.15) is 15.2 Å². The Balaban J connectivity index is 1.25. The van der Waals surface area contributed by atoms with Crippen LogP contribution in [0.1, 0.15) is 48.8 Å². The predicted octanol–water partition coefficient (Wildman–Crippen LogP) is 4.24. The van der Waals surface area contributed by atoms with Gasteiger partial charge in [0.05, 0.1) is 52.4 Å². The highest BCUT2D eigenvalue weighted by Crippen LogP contribution is 2.48. The number of methoxy groups -OCH3 is 1. The zero-order valence-corrected chi connectivity index (χ0v) is 26.8. The molecule has 0 aliphatic carbocycles. The second kappa shape index (κ2) is 10.9. The van der Waals surface area contributed by atoms with E-state index in [1.54, 1.807) is 7.11 Å². The highest BCUT2D eigenvalue weighted by molar-refractivity contribution is 7.23. The maximum Gasteiger partial charge on any atom is 0.319 e. The molecule has 0 amide bonds. The standard InChI is InChI=1S/C33H34F2N8O3S/c1-44-18-7-33(5-2-6-42(33)12-18)15-46-32-40-28-25(31(41-32)43-16-3-4-17(43)10-38-9-16)21-14-45-13-20(21)23(26(28)35)27-24-19(8-36)30(37)47-29(24)22(34)11-39-27/h11,16-18,38H,2-7,9-10,12-15,37H2,1H3/t16?,17?,18-,33+/m1/s1. The molecule has 4 saturated heterocycles. The predicted molar refractivity (Wildman–Crippen MR) is 172 cm³/mol. The van der Waals surface area contributed by atoms with Gasteiger partial charge in [0.25, 0.3) is 0 Å². The number of aromatic nitrogens is 3. The lowest BCUT2D eigenvalue weighted by atomic mass is 9.93. The Kier molecular flexibility index (Phi) is 6.82. The van der Waals surface area contributed by atoms with Gasteiger partial charge >= 0.3 is 6.01 Å². The fourth-order valence-corrected chi connectivity index (χ4v) is 9.75. The van der Waals surface area contributed by atoms with Gasteiger partial charge < -0.3 is 30.2 Å². The van der Waals surface area contributed by atoms with E-state index in [0.717, 1.165) is 81.4 Å². The SMILES string of the molecule is CO[C@H]1CN2CCC[C@@]2(COc2nc(N3C4CCC3CNC4)c3c4c(c(-c5ncc(F)c6sc(N)c(C#N)c56)c(F)c3n2)COC4)C1. The number of thiophene rings is 1. The number of nitrogens with zero attached hydrogens (tertiary/aromatic N) is 6. The molecule has 11 nitrogen and oxygen atoms in total. The highest BCUT2D eigenvalue weighted by atomic mass is 32.1. The smallest absolute Gasteiger partial charge is 0.319 e. The number of nitriles is 1. The number of nitrogen functional groups attached to an aromatic ring is 1. The van der Waals surface area contributed by atoms with Crippen molar-refractivity contribution in [3.8, 4) is 23.3 Å². The number of halogens is 2. The lowest BCUT2D eigenvalue weighted by Gasteiger charge is -2.37. The van der Waals surface area contributed by atoms with Crippen LogP contribution in [-0.2, 0) is 22.7 Å². The van der Waals surface area contributed by atoms with E-state index >= 15 is 4.39 Å². The summed E-state index contributed by atoms with van der Waals surface area (Å²) in [4.78, 5) is 19.0. The lowest BCUT2D eigenvalue weighted by molar-refractivity contribution is 0.0997. The highest BCUT2D eigenvalue weighted by Gasteiger charge is 2.49. The van der Waals surface area contributed by atoms with Crippen molar-refractivity contribution < 1.29 is 23.0 Å². The summed E-state index contributed by atoms with van der Waals surface area (Å²) in [6.45, 7) is 4.19. The van der Waals surface area contributed by atoms with Crippen LogP contribution in [0.15, 0.2) is 6.20 Å². The van der Waals surface area contributed by atoms with Crippen molar-refractivity contribution in [1.29, 1.82) is 5.26 Å². The molecular formula is C33H34F2N8O3S. The first-order valence-corrected chi connectivity index (χ1v) is 17.0. The van der Waals surface area contributed by atoms with Crippen molar-refractivity contribution in [2.24, 2.45) is 0 Å². The molecule has 3 aromatic heterocycles. The Bertz CT molecular complexity index is 1980. The normalized spacial score (nSPS) is 26.8. The Hall–Kier alpha value is -3.74. The minimum atomic E-state index is -0.629. The van der Waals surface area contributed by atoms with Gasteiger partial charge in [-0.3, -0.25) is 9.88 Å². The molecule has 5 aliphatic rings. The number of rotatable bonds is 6. The number of nitrogens with two attached hydrogens (primary N) is 1. The molecule has 0 spiro atoms. The van der Waals surface area contributed by atoms with Crippen LogP contribution in [0.25, 0.3) is 32.2 Å². The maximum atomic E-state index is 17.4. The molecule has 9 rings (SSSR count). The number of nitrogens with one attached hydrogen (secondary N) is 1. The Morgan fingerprint density at radius 1 is 1.19 bits per heavy atom. The van der Waals surface area contributed by atoms with Crippen molar-refractivity contribution >= 4 is 43.1 Å². The molecule has 14 heteroatoms. The zero-order chi connectivity index (χ0) is 32.0. The summed E-state index contributed by atoms with van der Waals surface area (Å²) < 4.78 is 50.7. The number of hydrogen-bond acceptors (Lipinski definition) is 12. The van der Waals surface area contributed by atoms with Crippen LogP contribution in [0.4, 0.5) is 19.6 Å². The number of benzene rings is 1. The fraction of sp³-hybridized carbons (Fsp3) is 0.515. The molecule has 4 aromatic rings. The van der Waals surface area contributed by atoms with Gasteiger partial charge in [-0.15, -0.1) is 11.3 Å². The van der Waals surface area contributed by atoms with E-state index in [1.807, 2.05) is 0 Å². The van der Waals surface area contributed by atoms with Crippen molar-refractivity contribution in [1.82, 2.24) is 25.2 Å². The summed E-state index contributed by atoms with van der Waals surface area (Å²) in [6.07, 6.45) is 6.11. The molecule has 47 heavy (non-hydrogen) atoms. The van der Waals surface area contributed by atoms with Gasteiger partial charge in [-0.05, 0) is 49.8 Å². The van der Waals surface area contributed by atoms with E-state index in [0.29, 0.717) is 23.4 Å². The Morgan fingerprint density at radius 2 is 2.00 bits per heavy atom. The monoisotopic (exact) mass is 660 g/mol. The number of piperazine rings is 1. The second-order valence-corrected chi connectivity index (χ2v) is 14.4. The van der Waals surface area contributed by atoms with Crippen molar-refractivity contribution in [3.05, 3.63) is 34.5 Å². The number of anilines is 2. The van der Waals surface area contributed by atoms with E-state index in [1.165, 1.54) is 0 Å². The van der Waals surface area contributed by atoms with Crippen molar-refractivity contribution in [2.45, 2.75) is 69.0 Å². The summed E-state index contributed by atoms with van der Waals surface area (Å²) in [5, 5.41) is 14.5. The molecule has 0 radical (unpaired) electrons. The Labute approximate surface area is 273 Å². The van der Waals surface area contributed by atoms with Crippen molar-refractivity contribution in [2.75, 3.05) is 50.5 Å². The van der Waals surface area contributed by atoms with Gasteiger partial charge in [0, 0.05) is 49.8 Å². The molecule has 8 heterocycles. The van der Waals surface area contributed by atoms with Gasteiger partial charge in [-0.1, -0.05) is 0 Å².